The van der Waals surface area contributed by atoms with E-state index in [-0.39, 0.29) is 5.82 Å². The van der Waals surface area contributed by atoms with Gasteiger partial charge in [-0.25, -0.2) is 4.39 Å². The SMILES string of the molecule is Fc1ccc(-c2ccc(N3CCCC(c4nnc5n4CCC5)C3)nn2)cc1. The molecule has 27 heavy (non-hydrogen) atoms. The molecule has 2 aromatic heterocycles. The third-order valence-corrected chi connectivity index (χ3v) is 5.54. The van der Waals surface area contributed by atoms with Gasteiger partial charge in [0.2, 0.25) is 0 Å². The molecule has 2 aliphatic heterocycles. The number of hydrogen-bond acceptors (Lipinski definition) is 5. The highest BCUT2D eigenvalue weighted by atomic mass is 19.1. The predicted octanol–water partition coefficient (Wildman–Crippen LogP) is 3.20. The van der Waals surface area contributed by atoms with Gasteiger partial charge in [0.25, 0.3) is 0 Å². The topological polar surface area (TPSA) is 59.7 Å². The zero-order valence-corrected chi connectivity index (χ0v) is 15.1. The molecule has 0 saturated carbocycles. The van der Waals surface area contributed by atoms with Crippen LogP contribution in [0.25, 0.3) is 11.3 Å². The molecule has 6 nitrogen and oxygen atoms in total. The smallest absolute Gasteiger partial charge is 0.151 e. The number of rotatable bonds is 3. The number of hydrogen-bond donors (Lipinski definition) is 0. The summed E-state index contributed by atoms with van der Waals surface area (Å²) in [6, 6.07) is 10.3. The number of anilines is 1. The number of piperidine rings is 1. The Balaban J connectivity index is 1.34. The van der Waals surface area contributed by atoms with Crippen molar-refractivity contribution in [3.8, 4) is 11.3 Å². The van der Waals surface area contributed by atoms with Crippen molar-refractivity contribution < 1.29 is 4.39 Å². The second kappa shape index (κ2) is 6.72. The van der Waals surface area contributed by atoms with E-state index in [1.807, 2.05) is 12.1 Å². The Labute approximate surface area is 157 Å². The van der Waals surface area contributed by atoms with Crippen molar-refractivity contribution in [2.75, 3.05) is 18.0 Å². The molecule has 0 bridgehead atoms. The largest absolute Gasteiger partial charge is 0.354 e. The molecule has 4 heterocycles. The van der Waals surface area contributed by atoms with Gasteiger partial charge in [0, 0.05) is 37.5 Å². The van der Waals surface area contributed by atoms with Crippen molar-refractivity contribution in [2.24, 2.45) is 0 Å². The molecule has 1 unspecified atom stereocenters. The van der Waals surface area contributed by atoms with Gasteiger partial charge in [-0.15, -0.1) is 20.4 Å². The zero-order valence-electron chi connectivity index (χ0n) is 15.1. The second-order valence-electron chi connectivity index (χ2n) is 7.30. The Morgan fingerprint density at radius 3 is 2.59 bits per heavy atom. The first kappa shape index (κ1) is 16.4. The van der Waals surface area contributed by atoms with Crippen LogP contribution < -0.4 is 4.90 Å². The van der Waals surface area contributed by atoms with E-state index in [1.54, 1.807) is 12.1 Å². The summed E-state index contributed by atoms with van der Waals surface area (Å²) in [6.45, 7) is 2.91. The van der Waals surface area contributed by atoms with E-state index >= 15 is 0 Å². The van der Waals surface area contributed by atoms with Gasteiger partial charge in [-0.2, -0.15) is 0 Å². The molecule has 2 aliphatic rings. The van der Waals surface area contributed by atoms with Crippen LogP contribution in [0.15, 0.2) is 36.4 Å². The first-order chi connectivity index (χ1) is 13.3. The first-order valence-electron chi connectivity index (χ1n) is 9.54. The molecule has 138 valence electrons. The van der Waals surface area contributed by atoms with Crippen LogP contribution in [-0.2, 0) is 13.0 Å². The van der Waals surface area contributed by atoms with Crippen molar-refractivity contribution >= 4 is 5.82 Å². The van der Waals surface area contributed by atoms with E-state index < -0.39 is 0 Å². The number of fused-ring (bicyclic) bond motifs is 1. The average molecular weight is 364 g/mol. The van der Waals surface area contributed by atoms with Gasteiger partial charge in [-0.05, 0) is 55.7 Å². The van der Waals surface area contributed by atoms with E-state index in [9.17, 15) is 4.39 Å². The molecule has 0 radical (unpaired) electrons. The monoisotopic (exact) mass is 364 g/mol. The molecular weight excluding hydrogens is 343 g/mol. The molecule has 0 aliphatic carbocycles. The van der Waals surface area contributed by atoms with Crippen molar-refractivity contribution in [2.45, 2.75) is 38.1 Å². The minimum absolute atomic E-state index is 0.248. The predicted molar refractivity (Wildman–Crippen MR) is 100.0 cm³/mol. The molecule has 3 aromatic rings. The summed E-state index contributed by atoms with van der Waals surface area (Å²) in [4.78, 5) is 2.28. The van der Waals surface area contributed by atoms with E-state index in [2.05, 4.69) is 29.9 Å². The third-order valence-electron chi connectivity index (χ3n) is 5.54. The summed E-state index contributed by atoms with van der Waals surface area (Å²) in [6.07, 6.45) is 4.45. The third kappa shape index (κ3) is 3.07. The second-order valence-corrected chi connectivity index (χ2v) is 7.30. The van der Waals surface area contributed by atoms with E-state index in [1.165, 1.54) is 18.6 Å². The fourth-order valence-electron chi connectivity index (χ4n) is 4.14. The lowest BCUT2D eigenvalue weighted by atomic mass is 9.97. The Bertz CT molecular complexity index is 934. The summed E-state index contributed by atoms with van der Waals surface area (Å²) in [7, 11) is 0. The van der Waals surface area contributed by atoms with Gasteiger partial charge in [-0.1, -0.05) is 0 Å². The van der Waals surface area contributed by atoms with Crippen molar-refractivity contribution in [1.29, 1.82) is 0 Å². The van der Waals surface area contributed by atoms with Crippen LogP contribution in [0.1, 0.15) is 36.8 Å². The summed E-state index contributed by atoms with van der Waals surface area (Å²) in [5.74, 6) is 3.28. The lowest BCUT2D eigenvalue weighted by molar-refractivity contribution is 0.470. The van der Waals surface area contributed by atoms with E-state index in [0.29, 0.717) is 5.92 Å². The lowest BCUT2D eigenvalue weighted by Crippen LogP contribution is -2.36. The van der Waals surface area contributed by atoms with Crippen LogP contribution in [0.3, 0.4) is 0 Å². The van der Waals surface area contributed by atoms with Gasteiger partial charge >= 0.3 is 0 Å². The average Bonchev–Trinajstić information content (AvgIpc) is 3.33. The van der Waals surface area contributed by atoms with E-state index in [4.69, 9.17) is 0 Å². The van der Waals surface area contributed by atoms with Gasteiger partial charge < -0.3 is 9.47 Å². The molecule has 1 aromatic carbocycles. The number of nitrogens with zero attached hydrogens (tertiary/aromatic N) is 6. The number of halogens is 1. The number of aromatic nitrogens is 5. The van der Waals surface area contributed by atoms with Crippen LogP contribution >= 0.6 is 0 Å². The quantitative estimate of drug-likeness (QED) is 0.714. The van der Waals surface area contributed by atoms with Crippen molar-refractivity contribution in [1.82, 2.24) is 25.0 Å². The van der Waals surface area contributed by atoms with Gasteiger partial charge in [0.15, 0.2) is 5.82 Å². The Morgan fingerprint density at radius 2 is 1.78 bits per heavy atom. The maximum atomic E-state index is 13.1. The molecule has 0 amide bonds. The van der Waals surface area contributed by atoms with Gasteiger partial charge in [-0.3, -0.25) is 0 Å². The standard InChI is InChI=1S/C20H21FN6/c21-16-7-5-14(6-8-16)17-9-10-18(23-22-17)26-11-1-3-15(13-26)20-25-24-19-4-2-12-27(19)20/h5-10,15H,1-4,11-13H2. The summed E-state index contributed by atoms with van der Waals surface area (Å²) in [5.41, 5.74) is 1.62. The molecule has 0 N–H and O–H groups in total. The van der Waals surface area contributed by atoms with Crippen LogP contribution in [0.4, 0.5) is 10.2 Å². The normalized spacial score (nSPS) is 19.3. The Kier molecular flexibility index (Phi) is 4.07. The highest BCUT2D eigenvalue weighted by Gasteiger charge is 2.29. The summed E-state index contributed by atoms with van der Waals surface area (Å²) >= 11 is 0. The van der Waals surface area contributed by atoms with Gasteiger partial charge in [0.1, 0.15) is 17.5 Å². The molecule has 7 heteroatoms. The molecule has 1 fully saturated rings. The maximum Gasteiger partial charge on any atom is 0.151 e. The lowest BCUT2D eigenvalue weighted by Gasteiger charge is -2.32. The summed E-state index contributed by atoms with van der Waals surface area (Å²) < 4.78 is 15.4. The minimum Gasteiger partial charge on any atom is -0.354 e. The minimum atomic E-state index is -0.248. The van der Waals surface area contributed by atoms with Gasteiger partial charge in [0.05, 0.1) is 5.69 Å². The molecule has 1 saturated heterocycles. The summed E-state index contributed by atoms with van der Waals surface area (Å²) in [5, 5.41) is 17.6. The van der Waals surface area contributed by atoms with Crippen LogP contribution in [0.5, 0.6) is 0 Å². The van der Waals surface area contributed by atoms with E-state index in [0.717, 1.165) is 67.6 Å². The van der Waals surface area contributed by atoms with Crippen LogP contribution in [0, 0.1) is 5.82 Å². The zero-order chi connectivity index (χ0) is 18.2. The molecular formula is C20H21FN6. The maximum absolute atomic E-state index is 13.1. The first-order valence-corrected chi connectivity index (χ1v) is 9.54. The number of aryl methyl sites for hydroxylation is 1. The molecule has 1 atom stereocenters. The van der Waals surface area contributed by atoms with Crippen molar-refractivity contribution in [3.05, 3.63) is 53.9 Å². The fourth-order valence-corrected chi connectivity index (χ4v) is 4.14. The highest BCUT2D eigenvalue weighted by Crippen LogP contribution is 2.30. The molecule has 5 rings (SSSR count). The van der Waals surface area contributed by atoms with Crippen LogP contribution in [0.2, 0.25) is 0 Å². The molecule has 0 spiro atoms. The fraction of sp³-hybridized carbons (Fsp3) is 0.400. The Morgan fingerprint density at radius 1 is 0.889 bits per heavy atom. The highest BCUT2D eigenvalue weighted by molar-refractivity contribution is 5.59. The van der Waals surface area contributed by atoms with Crippen molar-refractivity contribution in [3.63, 3.8) is 0 Å². The number of benzene rings is 1. The van der Waals surface area contributed by atoms with Crippen LogP contribution in [-0.4, -0.2) is 38.1 Å². The Hall–Kier alpha value is -2.83.